The van der Waals surface area contributed by atoms with Gasteiger partial charge in [-0.1, -0.05) is 31.7 Å². The van der Waals surface area contributed by atoms with E-state index < -0.39 is 0 Å². The van der Waals surface area contributed by atoms with E-state index in [2.05, 4.69) is 72.6 Å². The zero-order valence-electron chi connectivity index (χ0n) is 19.5. The number of fused-ring (bicyclic) bond motifs is 8. The first kappa shape index (κ1) is 20.3. The van der Waals surface area contributed by atoms with E-state index in [1.807, 2.05) is 18.3 Å². The average molecular weight is 439 g/mol. The number of rotatable bonds is 0. The van der Waals surface area contributed by atoms with Crippen molar-refractivity contribution in [1.29, 1.82) is 0 Å². The van der Waals surface area contributed by atoms with E-state index in [-0.39, 0.29) is 12.2 Å². The molecule has 0 aliphatic carbocycles. The summed E-state index contributed by atoms with van der Waals surface area (Å²) in [5.41, 5.74) is 15.6. The van der Waals surface area contributed by atoms with Crippen LogP contribution in [-0.4, -0.2) is 18.1 Å². The van der Waals surface area contributed by atoms with Gasteiger partial charge >= 0.3 is 0 Å². The predicted molar refractivity (Wildman–Crippen MR) is 136 cm³/mol. The molecule has 0 radical (unpaired) electrons. The molecular weight excluding hydrogens is 408 g/mol. The van der Waals surface area contributed by atoms with Gasteiger partial charge in [-0.2, -0.15) is 0 Å². The highest BCUT2D eigenvalue weighted by molar-refractivity contribution is 6.05. The van der Waals surface area contributed by atoms with Gasteiger partial charge in [0.05, 0.1) is 17.1 Å². The maximum Gasteiger partial charge on any atom is 0.135 e. The summed E-state index contributed by atoms with van der Waals surface area (Å²) in [5, 5.41) is 2.32. The molecule has 3 atom stereocenters. The first-order valence-corrected chi connectivity index (χ1v) is 11.8. The van der Waals surface area contributed by atoms with E-state index in [1.165, 1.54) is 11.1 Å². The monoisotopic (exact) mass is 438 g/mol. The number of benzene rings is 2. The number of para-hydroxylation sites is 1. The van der Waals surface area contributed by atoms with Crippen molar-refractivity contribution < 1.29 is 4.42 Å². The van der Waals surface area contributed by atoms with E-state index in [1.54, 1.807) is 0 Å². The summed E-state index contributed by atoms with van der Waals surface area (Å²) in [5.74, 6) is 0.400. The van der Waals surface area contributed by atoms with E-state index in [9.17, 15) is 0 Å². The summed E-state index contributed by atoms with van der Waals surface area (Å²) in [6, 6.07) is 15.1. The molecule has 6 rings (SSSR count). The van der Waals surface area contributed by atoms with Gasteiger partial charge in [-0.05, 0) is 61.1 Å². The lowest BCUT2D eigenvalue weighted by molar-refractivity contribution is 0.414. The van der Waals surface area contributed by atoms with Crippen LogP contribution in [0.1, 0.15) is 42.8 Å². The molecule has 5 nitrogen and oxygen atoms in total. The minimum absolute atomic E-state index is 0.00377. The van der Waals surface area contributed by atoms with Crippen molar-refractivity contribution in [3.8, 4) is 0 Å². The Morgan fingerprint density at radius 2 is 1.94 bits per heavy atom. The Kier molecular flexibility index (Phi) is 4.53. The fraction of sp³-hybridized carbons (Fsp3) is 0.321. The minimum Gasteiger partial charge on any atom is -0.456 e. The maximum atomic E-state index is 6.66. The van der Waals surface area contributed by atoms with Crippen molar-refractivity contribution in [2.75, 3.05) is 16.8 Å². The predicted octanol–water partition coefficient (Wildman–Crippen LogP) is 6.06. The van der Waals surface area contributed by atoms with Crippen LogP contribution >= 0.6 is 0 Å². The van der Waals surface area contributed by atoms with E-state index in [4.69, 9.17) is 10.2 Å². The van der Waals surface area contributed by atoms with Crippen LogP contribution in [0.4, 0.5) is 11.4 Å². The van der Waals surface area contributed by atoms with Crippen LogP contribution in [0.25, 0.3) is 21.9 Å². The van der Waals surface area contributed by atoms with Gasteiger partial charge in [0.1, 0.15) is 17.3 Å². The Morgan fingerprint density at radius 1 is 1.12 bits per heavy atom. The third kappa shape index (κ3) is 2.99. The molecule has 4 aromatic rings. The molecule has 0 bridgehead atoms. The summed E-state index contributed by atoms with van der Waals surface area (Å²) in [6.07, 6.45) is 4.68. The Labute approximate surface area is 194 Å². The van der Waals surface area contributed by atoms with Crippen molar-refractivity contribution in [2.24, 2.45) is 11.7 Å². The summed E-state index contributed by atoms with van der Waals surface area (Å²) in [4.78, 5) is 9.33. The lowest BCUT2D eigenvalue weighted by Gasteiger charge is -2.36. The van der Waals surface area contributed by atoms with Crippen molar-refractivity contribution in [1.82, 2.24) is 4.98 Å². The Balaban J connectivity index is 1.63. The van der Waals surface area contributed by atoms with Crippen LogP contribution in [0.3, 0.4) is 0 Å². The SMILES string of the molecule is C=C1CC(N)C(C)CCc2cc3oc4ccccc4c3cc2C2N(C)c3c(ccnc3C)N12. The molecule has 2 aliphatic heterocycles. The number of aryl methyl sites for hydroxylation is 2. The molecule has 0 amide bonds. The second-order valence-electron chi connectivity index (χ2n) is 9.71. The van der Waals surface area contributed by atoms with Crippen molar-refractivity contribution in [3.63, 3.8) is 0 Å². The van der Waals surface area contributed by atoms with Gasteiger partial charge in [0.15, 0.2) is 0 Å². The van der Waals surface area contributed by atoms with Crippen molar-refractivity contribution in [2.45, 2.75) is 45.3 Å². The first-order chi connectivity index (χ1) is 15.9. The number of nitrogens with zero attached hydrogens (tertiary/aromatic N) is 3. The quantitative estimate of drug-likeness (QED) is 0.362. The van der Waals surface area contributed by atoms with Crippen molar-refractivity contribution in [3.05, 3.63) is 77.8 Å². The highest BCUT2D eigenvalue weighted by Crippen LogP contribution is 2.50. The average Bonchev–Trinajstić information content (AvgIpc) is 3.31. The second-order valence-corrected chi connectivity index (χ2v) is 9.71. The lowest BCUT2D eigenvalue weighted by Crippen LogP contribution is -2.38. The van der Waals surface area contributed by atoms with E-state index in [0.29, 0.717) is 5.92 Å². The summed E-state index contributed by atoms with van der Waals surface area (Å²) < 4.78 is 6.26. The lowest BCUT2D eigenvalue weighted by atomic mass is 9.88. The van der Waals surface area contributed by atoms with Crippen LogP contribution in [0.2, 0.25) is 0 Å². The van der Waals surface area contributed by atoms with Gasteiger partial charge in [0.25, 0.3) is 0 Å². The zero-order valence-corrected chi connectivity index (χ0v) is 19.5. The molecule has 2 N–H and O–H groups in total. The molecule has 2 aromatic heterocycles. The summed E-state index contributed by atoms with van der Waals surface area (Å²) in [6.45, 7) is 8.87. The highest BCUT2D eigenvalue weighted by atomic mass is 16.3. The number of anilines is 2. The van der Waals surface area contributed by atoms with Gasteiger partial charge in [-0.15, -0.1) is 0 Å². The van der Waals surface area contributed by atoms with E-state index >= 15 is 0 Å². The largest absolute Gasteiger partial charge is 0.456 e. The molecular formula is C28H30N4O. The summed E-state index contributed by atoms with van der Waals surface area (Å²) in [7, 11) is 2.17. The van der Waals surface area contributed by atoms with Crippen LogP contribution in [0.5, 0.6) is 0 Å². The Hall–Kier alpha value is -3.31. The molecule has 0 fully saturated rings. The van der Waals surface area contributed by atoms with Crippen LogP contribution in [-0.2, 0) is 6.42 Å². The standard InChI is InChI=1S/C28H30N4O/c1-16-9-10-19-14-26-22(20-7-5-6-8-25(20)33-26)15-21(19)28-31(4)27-18(3)30-12-11-24(27)32(28)17(2)13-23(16)29/h5-8,11-12,14-16,23,28H,2,9-10,13,29H2,1,3-4H3. The topological polar surface area (TPSA) is 58.5 Å². The highest BCUT2D eigenvalue weighted by Gasteiger charge is 2.40. The van der Waals surface area contributed by atoms with Gasteiger partial charge < -0.3 is 20.0 Å². The third-order valence-corrected chi connectivity index (χ3v) is 7.64. The fourth-order valence-electron chi connectivity index (χ4n) is 5.75. The zero-order chi connectivity index (χ0) is 22.9. The number of hydrogen-bond donors (Lipinski definition) is 1. The Morgan fingerprint density at radius 3 is 2.79 bits per heavy atom. The number of aromatic nitrogens is 1. The molecule has 0 saturated carbocycles. The number of hydrogen-bond acceptors (Lipinski definition) is 5. The molecule has 2 aliphatic rings. The van der Waals surface area contributed by atoms with Gasteiger partial charge in [-0.3, -0.25) is 4.98 Å². The third-order valence-electron chi connectivity index (χ3n) is 7.64. The van der Waals surface area contributed by atoms with E-state index in [0.717, 1.165) is 64.0 Å². The van der Waals surface area contributed by atoms with Crippen LogP contribution < -0.4 is 15.5 Å². The molecule has 3 unspecified atom stereocenters. The molecule has 2 aromatic carbocycles. The smallest absolute Gasteiger partial charge is 0.135 e. The van der Waals surface area contributed by atoms with Gasteiger partial charge in [-0.25, -0.2) is 0 Å². The molecule has 168 valence electrons. The number of furan rings is 1. The van der Waals surface area contributed by atoms with Crippen LogP contribution in [0.15, 0.2) is 65.4 Å². The molecule has 33 heavy (non-hydrogen) atoms. The maximum absolute atomic E-state index is 6.66. The second kappa shape index (κ2) is 7.35. The van der Waals surface area contributed by atoms with Crippen LogP contribution in [0, 0.1) is 12.8 Å². The minimum atomic E-state index is 0.00377. The summed E-state index contributed by atoms with van der Waals surface area (Å²) >= 11 is 0. The number of pyridine rings is 1. The number of nitrogens with two attached hydrogens (primary N) is 1. The fourth-order valence-corrected chi connectivity index (χ4v) is 5.75. The van der Waals surface area contributed by atoms with Crippen molar-refractivity contribution >= 4 is 33.3 Å². The molecule has 0 spiro atoms. The molecule has 0 saturated heterocycles. The van der Waals surface area contributed by atoms with Gasteiger partial charge in [0.2, 0.25) is 0 Å². The Bertz CT molecular complexity index is 1400. The normalized spacial score (nSPS) is 23.0. The first-order valence-electron chi connectivity index (χ1n) is 11.8. The van der Waals surface area contributed by atoms with Gasteiger partial charge in [0, 0.05) is 42.2 Å². The molecule has 4 heterocycles. The molecule has 5 heteroatoms.